The monoisotopic (exact) mass is 1340 g/mol. The molecule has 0 radical (unpaired) electrons. The second-order valence-electron chi connectivity index (χ2n) is 29.5. The zero-order valence-corrected chi connectivity index (χ0v) is 62.9. The quantitative estimate of drug-likeness (QED) is 0.0195. The molecule has 1 rings (SSSR count). The normalized spacial score (nSPS) is 17.4. The van der Waals surface area contributed by atoms with E-state index in [0.29, 0.717) is 19.4 Å². The molecule has 95 heavy (non-hydrogen) atoms. The molecule has 1 aliphatic rings. The fraction of sp³-hybridized carbons (Fsp3) is 0.929. The maximum absolute atomic E-state index is 13.0. The molecule has 7 unspecified atom stereocenters. The van der Waals surface area contributed by atoms with E-state index in [0.717, 1.165) is 51.4 Å². The third kappa shape index (κ3) is 61.7. The van der Waals surface area contributed by atoms with Crippen LogP contribution in [0.3, 0.4) is 0 Å². The maximum Gasteiger partial charge on any atom is 0.305 e. The van der Waals surface area contributed by atoms with Crippen molar-refractivity contribution in [1.82, 2.24) is 5.32 Å². The molecule has 0 saturated carbocycles. The van der Waals surface area contributed by atoms with Gasteiger partial charge in [-0.1, -0.05) is 391 Å². The molecule has 0 aromatic rings. The van der Waals surface area contributed by atoms with E-state index >= 15 is 0 Å². The maximum atomic E-state index is 13.0. The minimum absolute atomic E-state index is 0.0226. The van der Waals surface area contributed by atoms with Gasteiger partial charge in [-0.05, 0) is 57.8 Å². The number of esters is 1. The molecular weight excluding hydrogens is 1180 g/mol. The zero-order valence-electron chi connectivity index (χ0n) is 62.9. The Bertz CT molecular complexity index is 1630. The summed E-state index contributed by atoms with van der Waals surface area (Å²) in [7, 11) is 0. The van der Waals surface area contributed by atoms with Crippen molar-refractivity contribution in [2.75, 3.05) is 19.8 Å². The number of aliphatic hydroxyl groups excluding tert-OH is 5. The highest BCUT2D eigenvalue weighted by Gasteiger charge is 2.44. The van der Waals surface area contributed by atoms with Crippen LogP contribution in [0.4, 0.5) is 0 Å². The number of carbonyl (C=O) groups is 2. The molecule has 11 nitrogen and oxygen atoms in total. The molecule has 562 valence electrons. The van der Waals surface area contributed by atoms with Crippen LogP contribution in [0.1, 0.15) is 438 Å². The highest BCUT2D eigenvalue weighted by molar-refractivity contribution is 5.76. The molecule has 1 heterocycles. The van der Waals surface area contributed by atoms with Gasteiger partial charge in [-0.25, -0.2) is 0 Å². The van der Waals surface area contributed by atoms with E-state index in [2.05, 4.69) is 31.3 Å². The Labute approximate surface area is 588 Å². The van der Waals surface area contributed by atoms with Crippen LogP contribution in [0.5, 0.6) is 0 Å². The number of hydrogen-bond acceptors (Lipinski definition) is 10. The van der Waals surface area contributed by atoms with Crippen molar-refractivity contribution in [3.05, 3.63) is 24.3 Å². The molecule has 1 saturated heterocycles. The predicted octanol–water partition coefficient (Wildman–Crippen LogP) is 23.1. The van der Waals surface area contributed by atoms with Gasteiger partial charge in [0.25, 0.3) is 0 Å². The molecule has 7 atom stereocenters. The van der Waals surface area contributed by atoms with Crippen molar-refractivity contribution in [1.29, 1.82) is 0 Å². The van der Waals surface area contributed by atoms with Crippen LogP contribution in [-0.2, 0) is 23.8 Å². The summed E-state index contributed by atoms with van der Waals surface area (Å²) in [5.74, 6) is -0.155. The van der Waals surface area contributed by atoms with Crippen LogP contribution in [0, 0.1) is 0 Å². The molecule has 0 aromatic carbocycles. The Balaban J connectivity index is 1.82. The number of unbranched alkanes of at least 4 members (excludes halogenated alkanes) is 60. The van der Waals surface area contributed by atoms with Gasteiger partial charge >= 0.3 is 5.97 Å². The minimum Gasteiger partial charge on any atom is -0.466 e. The largest absolute Gasteiger partial charge is 0.466 e. The van der Waals surface area contributed by atoms with E-state index < -0.39 is 49.5 Å². The molecule has 1 fully saturated rings. The summed E-state index contributed by atoms with van der Waals surface area (Å²) in [5, 5.41) is 54.4. The molecule has 0 spiro atoms. The van der Waals surface area contributed by atoms with Crippen molar-refractivity contribution in [3.8, 4) is 0 Å². The summed E-state index contributed by atoms with van der Waals surface area (Å²) in [4.78, 5) is 25.2. The highest BCUT2D eigenvalue weighted by atomic mass is 16.7. The van der Waals surface area contributed by atoms with E-state index in [1.54, 1.807) is 6.08 Å². The van der Waals surface area contributed by atoms with Crippen molar-refractivity contribution in [3.63, 3.8) is 0 Å². The highest BCUT2D eigenvalue weighted by Crippen LogP contribution is 2.24. The first kappa shape index (κ1) is 91.2. The molecule has 0 aliphatic carbocycles. The number of allylic oxidation sites excluding steroid dienone is 3. The minimum atomic E-state index is -1.57. The first-order valence-corrected chi connectivity index (χ1v) is 42.1. The Kier molecular flexibility index (Phi) is 70.4. The number of ether oxygens (including phenoxy) is 3. The Morgan fingerprint density at radius 3 is 1.01 bits per heavy atom. The SMILES string of the molecule is CCCCCCCCC/C=C/C(O)C(COC1OC(CO)C(O)C(O)C1O)NC(=O)CCCCCCCCCCCCCCCCCCC/C=C\CCCCCCCCCCCCCCCCCCCCOC(=O)CCCCCCCCCCCCCCCCCCCCC. The third-order valence-electron chi connectivity index (χ3n) is 20.3. The van der Waals surface area contributed by atoms with Gasteiger partial charge in [-0.3, -0.25) is 9.59 Å². The van der Waals surface area contributed by atoms with E-state index in [-0.39, 0.29) is 18.5 Å². The number of rotatable bonds is 76. The molecule has 11 heteroatoms. The molecule has 0 aromatic heterocycles. The van der Waals surface area contributed by atoms with Gasteiger partial charge in [-0.15, -0.1) is 0 Å². The van der Waals surface area contributed by atoms with E-state index in [1.165, 1.54) is 360 Å². The Morgan fingerprint density at radius 2 is 0.674 bits per heavy atom. The van der Waals surface area contributed by atoms with E-state index in [9.17, 15) is 35.1 Å². The lowest BCUT2D eigenvalue weighted by Gasteiger charge is -2.40. The number of carbonyl (C=O) groups excluding carboxylic acids is 2. The standard InChI is InChI=1S/C84H161NO10/c1-3-5-7-9-11-13-14-15-16-17-39-43-46-49-52-56-60-64-68-72-80(89)93-73-69-65-61-57-53-50-47-44-41-38-36-34-32-30-28-26-24-22-20-18-19-21-23-25-27-29-31-33-35-37-40-42-45-48-51-55-59-63-67-71-79(88)85-76(77(87)70-66-62-58-54-12-10-8-6-4-2)75-94-84-83(92)82(91)81(90)78(74-86)95-84/h18-19,66,70,76-78,81-84,86-87,90-92H,3-17,20-65,67-69,71-75H2,1-2H3,(H,85,88)/b19-18-,70-66+. The van der Waals surface area contributed by atoms with Gasteiger partial charge in [0.1, 0.15) is 24.4 Å². The fourth-order valence-electron chi connectivity index (χ4n) is 13.7. The summed E-state index contributed by atoms with van der Waals surface area (Å²) in [6.07, 6.45) is 85.4. The number of hydrogen-bond donors (Lipinski definition) is 6. The van der Waals surface area contributed by atoms with E-state index in [4.69, 9.17) is 14.2 Å². The molecule has 0 bridgehead atoms. The number of aliphatic hydroxyl groups is 5. The summed E-state index contributed by atoms with van der Waals surface area (Å²) < 4.78 is 16.8. The lowest BCUT2D eigenvalue weighted by molar-refractivity contribution is -0.302. The first-order valence-electron chi connectivity index (χ1n) is 42.1. The third-order valence-corrected chi connectivity index (χ3v) is 20.3. The Morgan fingerprint density at radius 1 is 0.379 bits per heavy atom. The second kappa shape index (κ2) is 73.4. The van der Waals surface area contributed by atoms with Crippen molar-refractivity contribution >= 4 is 11.9 Å². The summed E-state index contributed by atoms with van der Waals surface area (Å²) in [6, 6.07) is -0.805. The number of amides is 1. The van der Waals surface area contributed by atoms with Crippen LogP contribution in [0.2, 0.25) is 0 Å². The van der Waals surface area contributed by atoms with Gasteiger partial charge in [0.2, 0.25) is 5.91 Å². The molecule has 6 N–H and O–H groups in total. The van der Waals surface area contributed by atoms with Gasteiger partial charge < -0.3 is 45.1 Å². The summed E-state index contributed by atoms with van der Waals surface area (Å²) >= 11 is 0. The van der Waals surface area contributed by atoms with Crippen LogP contribution in [0.15, 0.2) is 24.3 Å². The topological polar surface area (TPSA) is 175 Å². The average molecular weight is 1350 g/mol. The van der Waals surface area contributed by atoms with Crippen molar-refractivity contribution < 1.29 is 49.3 Å². The van der Waals surface area contributed by atoms with E-state index in [1.807, 2.05) is 6.08 Å². The van der Waals surface area contributed by atoms with Crippen LogP contribution in [-0.4, -0.2) is 100 Å². The molecule has 1 amide bonds. The average Bonchev–Trinajstić information content (AvgIpc) is 0.834. The molecular formula is C84H161NO10. The Hall–Kier alpha value is -1.86. The van der Waals surface area contributed by atoms with Crippen LogP contribution < -0.4 is 5.32 Å². The number of nitrogens with one attached hydrogen (secondary N) is 1. The lowest BCUT2D eigenvalue weighted by Crippen LogP contribution is -2.60. The van der Waals surface area contributed by atoms with Gasteiger partial charge in [0, 0.05) is 12.8 Å². The second-order valence-corrected chi connectivity index (χ2v) is 29.5. The van der Waals surface area contributed by atoms with Crippen LogP contribution >= 0.6 is 0 Å². The van der Waals surface area contributed by atoms with Gasteiger partial charge in [0.15, 0.2) is 6.29 Å². The summed E-state index contributed by atoms with van der Waals surface area (Å²) in [6.45, 7) is 4.38. The summed E-state index contributed by atoms with van der Waals surface area (Å²) in [5.41, 5.74) is 0. The van der Waals surface area contributed by atoms with Crippen molar-refractivity contribution in [2.24, 2.45) is 0 Å². The first-order chi connectivity index (χ1) is 46.7. The fourth-order valence-corrected chi connectivity index (χ4v) is 13.7. The van der Waals surface area contributed by atoms with Crippen molar-refractivity contribution in [2.45, 2.75) is 480 Å². The van der Waals surface area contributed by atoms with Crippen LogP contribution in [0.25, 0.3) is 0 Å². The van der Waals surface area contributed by atoms with Gasteiger partial charge in [-0.2, -0.15) is 0 Å². The van der Waals surface area contributed by atoms with Gasteiger partial charge in [0.05, 0.1) is 32.0 Å². The zero-order chi connectivity index (χ0) is 68.6. The molecule has 1 aliphatic heterocycles. The smallest absolute Gasteiger partial charge is 0.305 e. The predicted molar refractivity (Wildman–Crippen MR) is 403 cm³/mol. The lowest BCUT2D eigenvalue weighted by atomic mass is 9.99.